The van der Waals surface area contributed by atoms with Gasteiger partial charge in [-0.2, -0.15) is 5.10 Å². The lowest BCUT2D eigenvalue weighted by Crippen LogP contribution is -2.22. The van der Waals surface area contributed by atoms with Gasteiger partial charge in [-0.05, 0) is 26.0 Å². The molecule has 0 bridgehead atoms. The van der Waals surface area contributed by atoms with Crippen LogP contribution in [0.15, 0.2) is 24.5 Å². The van der Waals surface area contributed by atoms with Crippen molar-refractivity contribution in [2.24, 2.45) is 0 Å². The van der Waals surface area contributed by atoms with Crippen LogP contribution >= 0.6 is 11.6 Å². The standard InChI is InChI=1S/C20H26ClFN4O2Si/c1-13(2)28-18-8-14-16(9-15(18)22)25-26(12-27-6-7-29(3,4)5)20(14)17-10-19(21)24-11-23-17/h8-11,13H,6-7,12H2,1-5H3. The summed E-state index contributed by atoms with van der Waals surface area (Å²) < 4.78 is 27.7. The third-order valence-corrected chi connectivity index (χ3v) is 6.15. The molecule has 0 spiro atoms. The first-order valence-electron chi connectivity index (χ1n) is 9.56. The zero-order valence-electron chi connectivity index (χ0n) is 17.4. The molecule has 0 saturated carbocycles. The predicted molar refractivity (Wildman–Crippen MR) is 116 cm³/mol. The van der Waals surface area contributed by atoms with Gasteiger partial charge in [0.1, 0.15) is 18.2 Å². The molecule has 0 radical (unpaired) electrons. The Labute approximate surface area is 176 Å². The van der Waals surface area contributed by atoms with Gasteiger partial charge in [0, 0.05) is 32.2 Å². The van der Waals surface area contributed by atoms with Crippen molar-refractivity contribution in [3.8, 4) is 17.1 Å². The van der Waals surface area contributed by atoms with Crippen LogP contribution in [-0.4, -0.2) is 40.5 Å². The largest absolute Gasteiger partial charge is 0.488 e. The molecule has 0 unspecified atom stereocenters. The molecule has 6 nitrogen and oxygen atoms in total. The maximum atomic E-state index is 14.5. The Hall–Kier alpha value is -2.03. The first-order chi connectivity index (χ1) is 13.6. The van der Waals surface area contributed by atoms with E-state index in [0.717, 1.165) is 6.04 Å². The number of rotatable bonds is 8. The van der Waals surface area contributed by atoms with Gasteiger partial charge in [-0.15, -0.1) is 0 Å². The highest BCUT2D eigenvalue weighted by atomic mass is 35.5. The molecule has 0 aliphatic heterocycles. The van der Waals surface area contributed by atoms with Gasteiger partial charge in [0.2, 0.25) is 0 Å². The van der Waals surface area contributed by atoms with Crippen LogP contribution in [0.3, 0.4) is 0 Å². The van der Waals surface area contributed by atoms with Crippen LogP contribution in [0.25, 0.3) is 22.3 Å². The molecule has 0 fully saturated rings. The smallest absolute Gasteiger partial charge is 0.167 e. The van der Waals surface area contributed by atoms with Gasteiger partial charge in [0.25, 0.3) is 0 Å². The minimum Gasteiger partial charge on any atom is -0.488 e. The van der Waals surface area contributed by atoms with Crippen LogP contribution < -0.4 is 4.74 Å². The van der Waals surface area contributed by atoms with Gasteiger partial charge in [-0.3, -0.25) is 0 Å². The van der Waals surface area contributed by atoms with Gasteiger partial charge in [-0.25, -0.2) is 19.0 Å². The van der Waals surface area contributed by atoms with E-state index in [9.17, 15) is 4.39 Å². The number of hydrogen-bond acceptors (Lipinski definition) is 5. The van der Waals surface area contributed by atoms with Crippen molar-refractivity contribution in [1.29, 1.82) is 0 Å². The SMILES string of the molecule is CC(C)Oc1cc2c(-c3cc(Cl)ncn3)n(COCC[Si](C)(C)C)nc2cc1F. The number of hydrogen-bond donors (Lipinski definition) is 0. The number of fused-ring (bicyclic) bond motifs is 1. The molecule has 0 atom stereocenters. The molecule has 9 heteroatoms. The van der Waals surface area contributed by atoms with Crippen LogP contribution in [0, 0.1) is 5.82 Å². The Bertz CT molecular complexity index is 1000. The van der Waals surface area contributed by atoms with Crippen LogP contribution in [0.1, 0.15) is 13.8 Å². The average molecular weight is 437 g/mol. The second-order valence-corrected chi connectivity index (χ2v) is 14.4. The number of halogens is 2. The summed E-state index contributed by atoms with van der Waals surface area (Å²) in [6, 6.07) is 5.73. The second kappa shape index (κ2) is 8.77. The van der Waals surface area contributed by atoms with E-state index >= 15 is 0 Å². The Morgan fingerprint density at radius 2 is 1.93 bits per heavy atom. The second-order valence-electron chi connectivity index (χ2n) is 8.39. The molecule has 29 heavy (non-hydrogen) atoms. The van der Waals surface area contributed by atoms with E-state index in [1.165, 1.54) is 12.4 Å². The first-order valence-corrected chi connectivity index (χ1v) is 13.6. The minimum atomic E-state index is -1.20. The van der Waals surface area contributed by atoms with E-state index in [4.69, 9.17) is 21.1 Å². The van der Waals surface area contributed by atoms with Crippen molar-refractivity contribution in [2.75, 3.05) is 6.61 Å². The van der Waals surface area contributed by atoms with Crippen molar-refractivity contribution in [3.05, 3.63) is 35.5 Å². The Kier molecular flexibility index (Phi) is 6.55. The normalized spacial score (nSPS) is 12.1. The third-order valence-electron chi connectivity index (χ3n) is 4.24. The van der Waals surface area contributed by atoms with E-state index < -0.39 is 13.9 Å². The fourth-order valence-electron chi connectivity index (χ4n) is 2.83. The van der Waals surface area contributed by atoms with Crippen molar-refractivity contribution < 1.29 is 13.9 Å². The summed E-state index contributed by atoms with van der Waals surface area (Å²) in [5.41, 5.74) is 1.77. The summed E-state index contributed by atoms with van der Waals surface area (Å²) in [5, 5.41) is 5.57. The van der Waals surface area contributed by atoms with Crippen molar-refractivity contribution in [3.63, 3.8) is 0 Å². The van der Waals surface area contributed by atoms with Crippen molar-refractivity contribution in [2.45, 2.75) is 52.4 Å². The molecule has 3 rings (SSSR count). The van der Waals surface area contributed by atoms with Gasteiger partial charge < -0.3 is 9.47 Å². The lowest BCUT2D eigenvalue weighted by atomic mass is 10.1. The van der Waals surface area contributed by atoms with E-state index in [1.54, 1.807) is 16.8 Å². The number of nitrogens with zero attached hydrogens (tertiary/aromatic N) is 4. The molecular weight excluding hydrogens is 411 g/mol. The molecule has 3 aromatic rings. The predicted octanol–water partition coefficient (Wildman–Crippen LogP) is 5.39. The zero-order chi connectivity index (χ0) is 21.2. The molecule has 156 valence electrons. The molecule has 0 amide bonds. The lowest BCUT2D eigenvalue weighted by molar-refractivity contribution is 0.0802. The summed E-state index contributed by atoms with van der Waals surface area (Å²) in [4.78, 5) is 8.28. The highest BCUT2D eigenvalue weighted by molar-refractivity contribution is 6.76. The van der Waals surface area contributed by atoms with Crippen LogP contribution in [0.5, 0.6) is 5.75 Å². The van der Waals surface area contributed by atoms with Gasteiger partial charge in [0.05, 0.1) is 23.0 Å². The van der Waals surface area contributed by atoms with E-state index in [1.807, 2.05) is 13.8 Å². The van der Waals surface area contributed by atoms with Gasteiger partial charge in [-0.1, -0.05) is 31.2 Å². The van der Waals surface area contributed by atoms with Crippen LogP contribution in [-0.2, 0) is 11.5 Å². The summed E-state index contributed by atoms with van der Waals surface area (Å²) in [5.74, 6) is -0.282. The van der Waals surface area contributed by atoms with Crippen LogP contribution in [0.2, 0.25) is 30.8 Å². The highest BCUT2D eigenvalue weighted by Gasteiger charge is 2.19. The average Bonchev–Trinajstić information content (AvgIpc) is 2.95. The van der Waals surface area contributed by atoms with E-state index in [0.29, 0.717) is 34.1 Å². The van der Waals surface area contributed by atoms with Crippen molar-refractivity contribution >= 4 is 30.6 Å². The number of ether oxygens (including phenoxy) is 2. The van der Waals surface area contributed by atoms with Gasteiger partial charge in [0.15, 0.2) is 11.6 Å². The summed E-state index contributed by atoms with van der Waals surface area (Å²) in [7, 11) is -1.20. The van der Waals surface area contributed by atoms with Gasteiger partial charge >= 0.3 is 0 Å². The molecule has 0 aliphatic rings. The quantitative estimate of drug-likeness (QED) is 0.269. The fourth-order valence-corrected chi connectivity index (χ4v) is 3.74. The number of benzene rings is 1. The first kappa shape index (κ1) is 21.7. The summed E-state index contributed by atoms with van der Waals surface area (Å²) in [6.07, 6.45) is 1.24. The summed E-state index contributed by atoms with van der Waals surface area (Å²) >= 11 is 6.08. The molecular formula is C20H26ClFN4O2Si. The van der Waals surface area contributed by atoms with E-state index in [2.05, 4.69) is 34.7 Å². The molecule has 0 saturated heterocycles. The topological polar surface area (TPSA) is 62.1 Å². The Balaban J connectivity index is 2.03. The highest BCUT2D eigenvalue weighted by Crippen LogP contribution is 2.33. The molecule has 2 heterocycles. The molecule has 0 N–H and O–H groups in total. The maximum absolute atomic E-state index is 14.5. The molecule has 0 aliphatic carbocycles. The monoisotopic (exact) mass is 436 g/mol. The fraction of sp³-hybridized carbons (Fsp3) is 0.450. The number of aromatic nitrogens is 4. The Morgan fingerprint density at radius 1 is 1.17 bits per heavy atom. The lowest BCUT2D eigenvalue weighted by Gasteiger charge is -2.16. The molecule has 2 aromatic heterocycles. The van der Waals surface area contributed by atoms with Crippen LogP contribution in [0.4, 0.5) is 4.39 Å². The Morgan fingerprint density at radius 3 is 2.59 bits per heavy atom. The zero-order valence-corrected chi connectivity index (χ0v) is 19.1. The molecule has 1 aromatic carbocycles. The summed E-state index contributed by atoms with van der Waals surface area (Å²) in [6.45, 7) is 11.5. The van der Waals surface area contributed by atoms with Crippen molar-refractivity contribution in [1.82, 2.24) is 19.7 Å². The van der Waals surface area contributed by atoms with E-state index in [-0.39, 0.29) is 18.6 Å². The maximum Gasteiger partial charge on any atom is 0.167 e. The minimum absolute atomic E-state index is 0.154. The third kappa shape index (κ3) is 5.52.